The molecule has 19 heavy (non-hydrogen) atoms. The lowest BCUT2D eigenvalue weighted by atomic mass is 10.1. The molecule has 1 aromatic heterocycles. The van der Waals surface area contributed by atoms with E-state index in [9.17, 15) is 18.0 Å². The van der Waals surface area contributed by atoms with Gasteiger partial charge in [-0.25, -0.2) is 13.2 Å². The molecule has 1 aliphatic rings. The van der Waals surface area contributed by atoms with Crippen LogP contribution in [0.3, 0.4) is 0 Å². The van der Waals surface area contributed by atoms with Crippen molar-refractivity contribution in [1.82, 2.24) is 4.37 Å². The van der Waals surface area contributed by atoms with Crippen molar-refractivity contribution in [3.8, 4) is 0 Å². The lowest BCUT2D eigenvalue weighted by molar-refractivity contribution is -0.119. The molecule has 1 amide bonds. The summed E-state index contributed by atoms with van der Waals surface area (Å²) in [6.07, 6.45) is 0.272. The highest BCUT2D eigenvalue weighted by Gasteiger charge is 2.33. The summed E-state index contributed by atoms with van der Waals surface area (Å²) >= 11 is 0.879. The van der Waals surface area contributed by atoms with E-state index in [1.807, 2.05) is 0 Å². The smallest absolute Gasteiger partial charge is 0.340 e. The van der Waals surface area contributed by atoms with Gasteiger partial charge in [-0.05, 0) is 24.9 Å². The van der Waals surface area contributed by atoms with Crippen LogP contribution in [-0.2, 0) is 14.6 Å². The van der Waals surface area contributed by atoms with E-state index in [-0.39, 0.29) is 28.5 Å². The van der Waals surface area contributed by atoms with Crippen molar-refractivity contribution in [1.29, 1.82) is 0 Å². The topological polar surface area (TPSA) is 113 Å². The molecule has 7 nitrogen and oxygen atoms in total. The van der Waals surface area contributed by atoms with Gasteiger partial charge in [-0.15, -0.1) is 0 Å². The predicted molar refractivity (Wildman–Crippen MR) is 69.2 cm³/mol. The molecule has 0 aromatic carbocycles. The molecule has 1 saturated heterocycles. The summed E-state index contributed by atoms with van der Waals surface area (Å²) < 4.78 is 26.5. The standard InChI is InChI=1S/C10H12N2O5S2/c1-5-7(10(14)15)9(18-12-5)11-8(13)6-2-3-19(16,17)4-6/h6H,2-4H2,1H3,(H,11,13)(H,14,15). The molecule has 9 heteroatoms. The summed E-state index contributed by atoms with van der Waals surface area (Å²) in [5.41, 5.74) is 0.283. The Hall–Kier alpha value is -1.48. The molecule has 1 atom stereocenters. The Kier molecular flexibility index (Phi) is 3.59. The molecule has 0 spiro atoms. The number of hydrogen-bond acceptors (Lipinski definition) is 6. The van der Waals surface area contributed by atoms with E-state index >= 15 is 0 Å². The summed E-state index contributed by atoms with van der Waals surface area (Å²) in [7, 11) is -3.14. The normalized spacial score (nSPS) is 21.2. The van der Waals surface area contributed by atoms with Crippen molar-refractivity contribution >= 4 is 38.2 Å². The van der Waals surface area contributed by atoms with Gasteiger partial charge in [0.15, 0.2) is 9.84 Å². The van der Waals surface area contributed by atoms with Gasteiger partial charge in [0.25, 0.3) is 0 Å². The molecule has 0 radical (unpaired) electrons. The molecule has 1 aromatic rings. The highest BCUT2D eigenvalue weighted by molar-refractivity contribution is 7.91. The lowest BCUT2D eigenvalue weighted by Crippen LogP contribution is -2.24. The minimum Gasteiger partial charge on any atom is -0.478 e. The van der Waals surface area contributed by atoms with Crippen LogP contribution < -0.4 is 5.32 Å². The molecule has 1 unspecified atom stereocenters. The van der Waals surface area contributed by atoms with Gasteiger partial charge in [0, 0.05) is 0 Å². The quantitative estimate of drug-likeness (QED) is 0.841. The molecule has 0 saturated carbocycles. The summed E-state index contributed by atoms with van der Waals surface area (Å²) in [4.78, 5) is 22.9. The first-order valence-corrected chi connectivity index (χ1v) is 8.10. The average Bonchev–Trinajstić information content (AvgIpc) is 2.82. The van der Waals surface area contributed by atoms with Crippen LogP contribution in [0.4, 0.5) is 5.00 Å². The SMILES string of the molecule is Cc1nsc(NC(=O)C2CCS(=O)(=O)C2)c1C(=O)O. The molecule has 2 rings (SSSR count). The van der Waals surface area contributed by atoms with Crippen molar-refractivity contribution in [2.24, 2.45) is 5.92 Å². The van der Waals surface area contributed by atoms with E-state index in [2.05, 4.69) is 9.69 Å². The van der Waals surface area contributed by atoms with Gasteiger partial charge in [0.1, 0.15) is 10.6 Å². The number of carbonyl (C=O) groups excluding carboxylic acids is 1. The molecular formula is C10H12N2O5S2. The van der Waals surface area contributed by atoms with Crippen LogP contribution >= 0.6 is 11.5 Å². The molecule has 2 N–H and O–H groups in total. The Bertz CT molecular complexity index is 634. The van der Waals surface area contributed by atoms with Crippen LogP contribution in [0, 0.1) is 12.8 Å². The highest BCUT2D eigenvalue weighted by Crippen LogP contribution is 2.26. The van der Waals surface area contributed by atoms with Crippen molar-refractivity contribution < 1.29 is 23.1 Å². The number of nitrogens with zero attached hydrogens (tertiary/aromatic N) is 1. The fraction of sp³-hybridized carbons (Fsp3) is 0.500. The third kappa shape index (κ3) is 2.92. The van der Waals surface area contributed by atoms with E-state index in [0.29, 0.717) is 5.69 Å². The largest absolute Gasteiger partial charge is 0.478 e. The number of amides is 1. The third-order valence-electron chi connectivity index (χ3n) is 2.92. The van der Waals surface area contributed by atoms with Crippen LogP contribution in [0.15, 0.2) is 0 Å². The van der Waals surface area contributed by atoms with E-state index in [0.717, 1.165) is 11.5 Å². The van der Waals surface area contributed by atoms with Crippen LogP contribution in [0.1, 0.15) is 22.5 Å². The minimum atomic E-state index is -3.14. The van der Waals surface area contributed by atoms with Crippen LogP contribution in [-0.4, -0.2) is 41.3 Å². The first kappa shape index (κ1) is 13.9. The molecule has 1 fully saturated rings. The third-order valence-corrected chi connectivity index (χ3v) is 5.54. The number of aromatic nitrogens is 1. The number of sulfone groups is 1. The monoisotopic (exact) mass is 304 g/mol. The average molecular weight is 304 g/mol. The maximum atomic E-state index is 11.9. The maximum absolute atomic E-state index is 11.9. The zero-order chi connectivity index (χ0) is 14.2. The van der Waals surface area contributed by atoms with Crippen molar-refractivity contribution in [3.63, 3.8) is 0 Å². The Morgan fingerprint density at radius 2 is 2.16 bits per heavy atom. The molecule has 1 aliphatic heterocycles. The number of carboxylic acids is 1. The van der Waals surface area contributed by atoms with Crippen LogP contribution in [0.25, 0.3) is 0 Å². The predicted octanol–water partition coefficient (Wildman–Crippen LogP) is 0.523. The number of anilines is 1. The van der Waals surface area contributed by atoms with E-state index < -0.39 is 27.6 Å². The summed E-state index contributed by atoms with van der Waals surface area (Å²) in [6, 6.07) is 0. The first-order valence-electron chi connectivity index (χ1n) is 5.51. The fourth-order valence-electron chi connectivity index (χ4n) is 1.92. The van der Waals surface area contributed by atoms with Gasteiger partial charge >= 0.3 is 5.97 Å². The molecule has 0 aliphatic carbocycles. The molecule has 2 heterocycles. The van der Waals surface area contributed by atoms with Crippen LogP contribution in [0.5, 0.6) is 0 Å². The minimum absolute atomic E-state index is 0.00140. The first-order chi connectivity index (χ1) is 8.80. The maximum Gasteiger partial charge on any atom is 0.340 e. The number of hydrogen-bond donors (Lipinski definition) is 2. The summed E-state index contributed by atoms with van der Waals surface area (Å²) in [5.74, 6) is -2.43. The summed E-state index contributed by atoms with van der Waals surface area (Å²) in [5, 5.41) is 11.6. The van der Waals surface area contributed by atoms with Crippen molar-refractivity contribution in [2.45, 2.75) is 13.3 Å². The van der Waals surface area contributed by atoms with Gasteiger partial charge in [-0.1, -0.05) is 0 Å². The van der Waals surface area contributed by atoms with E-state index in [4.69, 9.17) is 5.11 Å². The Morgan fingerprint density at radius 3 is 2.68 bits per heavy atom. The zero-order valence-electron chi connectivity index (χ0n) is 10.0. The Balaban J connectivity index is 2.14. The van der Waals surface area contributed by atoms with E-state index in [1.165, 1.54) is 6.92 Å². The van der Waals surface area contributed by atoms with E-state index in [1.54, 1.807) is 0 Å². The van der Waals surface area contributed by atoms with Gasteiger partial charge in [-0.2, -0.15) is 4.37 Å². The lowest BCUT2D eigenvalue weighted by Gasteiger charge is -2.08. The number of carboxylic acid groups (broad SMARTS) is 1. The second-order valence-corrected chi connectivity index (χ2v) is 7.37. The fourth-order valence-corrected chi connectivity index (χ4v) is 4.46. The molecule has 0 bridgehead atoms. The van der Waals surface area contributed by atoms with Gasteiger partial charge in [0.05, 0.1) is 23.1 Å². The van der Waals surface area contributed by atoms with Crippen LogP contribution in [0.2, 0.25) is 0 Å². The summed E-state index contributed by atoms with van der Waals surface area (Å²) in [6.45, 7) is 1.54. The zero-order valence-corrected chi connectivity index (χ0v) is 11.7. The number of carbonyl (C=O) groups is 2. The van der Waals surface area contributed by atoms with Gasteiger partial charge < -0.3 is 10.4 Å². The highest BCUT2D eigenvalue weighted by atomic mass is 32.2. The second kappa shape index (κ2) is 4.89. The number of nitrogens with one attached hydrogen (secondary N) is 1. The van der Waals surface area contributed by atoms with Gasteiger partial charge in [-0.3, -0.25) is 4.79 Å². The Labute approximate surface area is 113 Å². The number of rotatable bonds is 3. The second-order valence-electron chi connectivity index (χ2n) is 4.37. The Morgan fingerprint density at radius 1 is 1.47 bits per heavy atom. The van der Waals surface area contributed by atoms with Crippen molar-refractivity contribution in [2.75, 3.05) is 16.8 Å². The number of aryl methyl sites for hydroxylation is 1. The van der Waals surface area contributed by atoms with Gasteiger partial charge in [0.2, 0.25) is 5.91 Å². The van der Waals surface area contributed by atoms with Crippen molar-refractivity contribution in [3.05, 3.63) is 11.3 Å². The molecule has 104 valence electrons. The number of aromatic carboxylic acids is 1. The molecular weight excluding hydrogens is 292 g/mol.